The Hall–Kier alpha value is -1.63. The lowest BCUT2D eigenvalue weighted by Gasteiger charge is -2.18. The van der Waals surface area contributed by atoms with Crippen LogP contribution in [0.25, 0.3) is 0 Å². The van der Waals surface area contributed by atoms with E-state index in [0.717, 1.165) is 4.88 Å². The number of thiazole rings is 1. The summed E-state index contributed by atoms with van der Waals surface area (Å²) in [7, 11) is 0. The van der Waals surface area contributed by atoms with Crippen LogP contribution in [-0.2, 0) is 16.0 Å². The summed E-state index contributed by atoms with van der Waals surface area (Å²) in [6, 6.07) is 0. The maximum absolute atomic E-state index is 11.7. The number of aromatic nitrogens is 1. The smallest absolute Gasteiger partial charge is 0.413 e. The first-order valence-corrected chi connectivity index (χ1v) is 7.77. The molecule has 0 saturated carbocycles. The van der Waals surface area contributed by atoms with Crippen LogP contribution in [0.15, 0.2) is 0 Å². The standard InChI is InChI=1S/C14H22N2O4S/c1-6-8-10(17)19-11-9(7-2)21-12(15-11)16-13(18)20-14(3,4)5/h6-8H2,1-5H3,(H,15,16,18). The fourth-order valence-corrected chi connectivity index (χ4v) is 2.26. The minimum absolute atomic E-state index is 0.270. The number of aryl methyl sites for hydroxylation is 1. The van der Waals surface area contributed by atoms with Gasteiger partial charge < -0.3 is 9.47 Å². The topological polar surface area (TPSA) is 77.5 Å². The number of rotatable bonds is 5. The average molecular weight is 314 g/mol. The molecule has 0 fully saturated rings. The van der Waals surface area contributed by atoms with E-state index in [1.165, 1.54) is 11.3 Å². The van der Waals surface area contributed by atoms with Crippen molar-refractivity contribution in [3.8, 4) is 5.88 Å². The molecule has 0 aromatic carbocycles. The van der Waals surface area contributed by atoms with Crippen LogP contribution < -0.4 is 10.1 Å². The normalized spacial score (nSPS) is 11.1. The van der Waals surface area contributed by atoms with Gasteiger partial charge in [-0.1, -0.05) is 25.2 Å². The third-order valence-electron chi connectivity index (χ3n) is 2.26. The minimum Gasteiger partial charge on any atom is -0.444 e. The van der Waals surface area contributed by atoms with Crippen molar-refractivity contribution < 1.29 is 19.1 Å². The third kappa shape index (κ3) is 6.12. The van der Waals surface area contributed by atoms with Crippen molar-refractivity contribution in [1.29, 1.82) is 0 Å². The molecule has 1 amide bonds. The van der Waals surface area contributed by atoms with Gasteiger partial charge in [-0.3, -0.25) is 10.1 Å². The predicted molar refractivity (Wildman–Crippen MR) is 81.9 cm³/mol. The average Bonchev–Trinajstić information content (AvgIpc) is 2.68. The summed E-state index contributed by atoms with van der Waals surface area (Å²) < 4.78 is 10.4. The van der Waals surface area contributed by atoms with Gasteiger partial charge in [0.1, 0.15) is 5.60 Å². The molecule has 1 aromatic rings. The third-order valence-corrected chi connectivity index (χ3v) is 3.35. The molecule has 1 heterocycles. The fraction of sp³-hybridized carbons (Fsp3) is 0.643. The molecule has 0 aliphatic carbocycles. The van der Waals surface area contributed by atoms with E-state index in [2.05, 4.69) is 10.3 Å². The number of esters is 1. The first kappa shape index (κ1) is 17.4. The van der Waals surface area contributed by atoms with Gasteiger partial charge in [-0.15, -0.1) is 0 Å². The summed E-state index contributed by atoms with van der Waals surface area (Å²) in [6.45, 7) is 9.18. The van der Waals surface area contributed by atoms with Gasteiger partial charge in [0.25, 0.3) is 0 Å². The number of amides is 1. The van der Waals surface area contributed by atoms with Gasteiger partial charge in [-0.2, -0.15) is 4.98 Å². The van der Waals surface area contributed by atoms with Crippen molar-refractivity contribution in [2.24, 2.45) is 0 Å². The zero-order chi connectivity index (χ0) is 16.0. The van der Waals surface area contributed by atoms with E-state index in [0.29, 0.717) is 24.4 Å². The number of carbonyl (C=O) groups is 2. The molecule has 0 atom stereocenters. The van der Waals surface area contributed by atoms with Crippen molar-refractivity contribution in [2.45, 2.75) is 59.5 Å². The molecule has 6 nitrogen and oxygen atoms in total. The molecule has 0 spiro atoms. The Morgan fingerprint density at radius 2 is 1.95 bits per heavy atom. The number of hydrogen-bond acceptors (Lipinski definition) is 6. The lowest BCUT2D eigenvalue weighted by Crippen LogP contribution is -2.27. The first-order valence-electron chi connectivity index (χ1n) is 6.95. The molecule has 7 heteroatoms. The van der Waals surface area contributed by atoms with Crippen molar-refractivity contribution in [1.82, 2.24) is 4.98 Å². The number of hydrogen-bond donors (Lipinski definition) is 1. The molecule has 21 heavy (non-hydrogen) atoms. The highest BCUT2D eigenvalue weighted by atomic mass is 32.1. The second-order valence-corrected chi connectivity index (χ2v) is 6.54. The second kappa shape index (κ2) is 7.40. The van der Waals surface area contributed by atoms with Crippen LogP contribution in [0.2, 0.25) is 0 Å². The van der Waals surface area contributed by atoms with Gasteiger partial charge in [0.2, 0.25) is 5.88 Å². The van der Waals surface area contributed by atoms with Gasteiger partial charge in [-0.25, -0.2) is 4.79 Å². The van der Waals surface area contributed by atoms with Crippen molar-refractivity contribution in [2.75, 3.05) is 5.32 Å². The van der Waals surface area contributed by atoms with Gasteiger partial charge in [0, 0.05) is 6.42 Å². The molecule has 0 radical (unpaired) electrons. The molecule has 1 aromatic heterocycles. The largest absolute Gasteiger partial charge is 0.444 e. The second-order valence-electron chi connectivity index (χ2n) is 5.45. The van der Waals surface area contributed by atoms with Crippen LogP contribution in [-0.4, -0.2) is 22.6 Å². The van der Waals surface area contributed by atoms with Gasteiger partial charge in [0.05, 0.1) is 4.88 Å². The highest BCUT2D eigenvalue weighted by Crippen LogP contribution is 2.30. The Kier molecular flexibility index (Phi) is 6.14. The maximum Gasteiger partial charge on any atom is 0.413 e. The maximum atomic E-state index is 11.7. The van der Waals surface area contributed by atoms with Gasteiger partial charge in [-0.05, 0) is 33.6 Å². The highest BCUT2D eigenvalue weighted by molar-refractivity contribution is 7.16. The van der Waals surface area contributed by atoms with E-state index in [9.17, 15) is 9.59 Å². The van der Waals surface area contributed by atoms with Crippen molar-refractivity contribution >= 4 is 28.5 Å². The molecule has 0 unspecified atom stereocenters. The number of carbonyl (C=O) groups excluding carboxylic acids is 2. The van der Waals surface area contributed by atoms with E-state index in [4.69, 9.17) is 9.47 Å². The molecule has 0 saturated heterocycles. The summed E-state index contributed by atoms with van der Waals surface area (Å²) in [5, 5.41) is 2.92. The van der Waals surface area contributed by atoms with E-state index in [1.807, 2.05) is 13.8 Å². The molecule has 1 rings (SSSR count). The molecule has 0 aliphatic heterocycles. The summed E-state index contributed by atoms with van der Waals surface area (Å²) in [6.07, 6.45) is 1.15. The number of nitrogens with one attached hydrogen (secondary N) is 1. The van der Waals surface area contributed by atoms with Gasteiger partial charge >= 0.3 is 12.1 Å². The lowest BCUT2D eigenvalue weighted by molar-refractivity contribution is -0.134. The fourth-order valence-electron chi connectivity index (χ4n) is 1.45. The van der Waals surface area contributed by atoms with Crippen molar-refractivity contribution in [3.63, 3.8) is 0 Å². The molecule has 0 bridgehead atoms. The Morgan fingerprint density at radius 1 is 1.29 bits per heavy atom. The quantitative estimate of drug-likeness (QED) is 0.837. The summed E-state index contributed by atoms with van der Waals surface area (Å²) in [5.74, 6) is -0.0478. The molecular weight excluding hydrogens is 292 g/mol. The Morgan fingerprint density at radius 3 is 2.48 bits per heavy atom. The van der Waals surface area contributed by atoms with Crippen LogP contribution in [0.1, 0.15) is 52.3 Å². The van der Waals surface area contributed by atoms with Gasteiger partial charge in [0.15, 0.2) is 5.13 Å². The van der Waals surface area contributed by atoms with Crippen LogP contribution in [0.5, 0.6) is 5.88 Å². The first-order chi connectivity index (χ1) is 9.75. The zero-order valence-electron chi connectivity index (χ0n) is 13.1. The molecule has 0 aliphatic rings. The Bertz CT molecular complexity index is 506. The predicted octanol–water partition coefficient (Wildman–Crippen LogP) is 3.76. The lowest BCUT2D eigenvalue weighted by atomic mass is 10.2. The summed E-state index contributed by atoms with van der Waals surface area (Å²) in [4.78, 5) is 28.2. The van der Waals surface area contributed by atoms with Crippen molar-refractivity contribution in [3.05, 3.63) is 4.88 Å². The minimum atomic E-state index is -0.578. The molecule has 1 N–H and O–H groups in total. The van der Waals surface area contributed by atoms with E-state index >= 15 is 0 Å². The van der Waals surface area contributed by atoms with Crippen LogP contribution >= 0.6 is 11.3 Å². The van der Waals surface area contributed by atoms with Crippen LogP contribution in [0, 0.1) is 0 Å². The zero-order valence-corrected chi connectivity index (χ0v) is 13.9. The summed E-state index contributed by atoms with van der Waals surface area (Å²) >= 11 is 1.27. The van der Waals surface area contributed by atoms with E-state index in [1.54, 1.807) is 20.8 Å². The molecule has 118 valence electrons. The Balaban J connectivity index is 2.75. The molecular formula is C14H22N2O4S. The highest BCUT2D eigenvalue weighted by Gasteiger charge is 2.19. The van der Waals surface area contributed by atoms with Crippen LogP contribution in [0.4, 0.5) is 9.93 Å². The number of ether oxygens (including phenoxy) is 2. The monoisotopic (exact) mass is 314 g/mol. The number of nitrogens with zero attached hydrogens (tertiary/aromatic N) is 1. The number of anilines is 1. The van der Waals surface area contributed by atoms with E-state index in [-0.39, 0.29) is 11.8 Å². The Labute approximate surface area is 128 Å². The SMILES string of the molecule is CCCC(=O)Oc1nc(NC(=O)OC(C)(C)C)sc1CC. The summed E-state index contributed by atoms with van der Waals surface area (Å²) in [5.41, 5.74) is -0.578. The van der Waals surface area contributed by atoms with Crippen LogP contribution in [0.3, 0.4) is 0 Å². The van der Waals surface area contributed by atoms with E-state index < -0.39 is 11.7 Å².